The monoisotopic (exact) mass is 433 g/mol. The molecule has 10 nitrogen and oxygen atoms in total. The Kier molecular flexibility index (Phi) is 5.24. The van der Waals surface area contributed by atoms with Crippen LogP contribution in [0.25, 0.3) is 11.1 Å². The number of hydrogen-bond donors (Lipinski definition) is 0. The molecular formula is C19H23N5O5S. The molecule has 0 amide bonds. The van der Waals surface area contributed by atoms with Crippen molar-refractivity contribution in [3.05, 3.63) is 40.9 Å². The number of sulfonamides is 1. The SMILES string of the molecule is CN(C)c1ccc(OC2CCCN(S(=O)(=O)c3ccc4oc(=O)n(C)c4c3)C2)nn1. The average Bonchev–Trinajstić information content (AvgIpc) is 3.02. The maximum absolute atomic E-state index is 13.2. The molecular weight excluding hydrogens is 410 g/mol. The van der Waals surface area contributed by atoms with Gasteiger partial charge in [0.05, 0.1) is 17.0 Å². The topological polar surface area (TPSA) is 111 Å². The Labute approximate surface area is 173 Å². The third kappa shape index (κ3) is 3.77. The number of fused-ring (bicyclic) bond motifs is 1. The largest absolute Gasteiger partial charge is 0.472 e. The molecule has 1 fully saturated rings. The van der Waals surface area contributed by atoms with E-state index in [1.165, 1.54) is 34.1 Å². The van der Waals surface area contributed by atoms with Gasteiger partial charge in [-0.05, 0) is 37.1 Å². The molecule has 0 N–H and O–H groups in total. The van der Waals surface area contributed by atoms with Crippen LogP contribution in [0.2, 0.25) is 0 Å². The quantitative estimate of drug-likeness (QED) is 0.591. The molecule has 0 spiro atoms. The first-order valence-corrected chi connectivity index (χ1v) is 11.0. The van der Waals surface area contributed by atoms with E-state index in [0.29, 0.717) is 35.8 Å². The summed E-state index contributed by atoms with van der Waals surface area (Å²) in [6.07, 6.45) is 1.06. The Hall–Kier alpha value is -2.92. The van der Waals surface area contributed by atoms with E-state index in [1.54, 1.807) is 12.1 Å². The standard InChI is InChI=1S/C19H23N5O5S/c1-22(2)17-8-9-18(21-20-17)28-13-5-4-10-24(12-13)30(26,27)14-6-7-16-15(11-14)23(3)19(25)29-16/h6-9,11,13H,4-5,10,12H2,1-3H3. The Balaban J connectivity index is 1.53. The van der Waals surface area contributed by atoms with Crippen LogP contribution in [-0.4, -0.2) is 60.8 Å². The molecule has 160 valence electrons. The van der Waals surface area contributed by atoms with Crippen molar-refractivity contribution < 1.29 is 17.6 Å². The molecule has 3 aromatic rings. The highest BCUT2D eigenvalue weighted by Crippen LogP contribution is 2.25. The third-order valence-corrected chi connectivity index (χ3v) is 6.97. The molecule has 1 saturated heterocycles. The zero-order valence-corrected chi connectivity index (χ0v) is 17.8. The summed E-state index contributed by atoms with van der Waals surface area (Å²) in [5.41, 5.74) is 0.781. The van der Waals surface area contributed by atoms with E-state index in [0.717, 1.165) is 6.42 Å². The molecule has 0 bridgehead atoms. The normalized spacial score (nSPS) is 17.9. The molecule has 0 aliphatic carbocycles. The van der Waals surface area contributed by atoms with E-state index >= 15 is 0 Å². The smallest absolute Gasteiger partial charge is 0.419 e. The summed E-state index contributed by atoms with van der Waals surface area (Å²) in [5, 5.41) is 8.14. The summed E-state index contributed by atoms with van der Waals surface area (Å²) in [6.45, 7) is 0.609. The van der Waals surface area contributed by atoms with Gasteiger partial charge in [-0.25, -0.2) is 13.2 Å². The van der Waals surface area contributed by atoms with Gasteiger partial charge >= 0.3 is 5.76 Å². The molecule has 1 unspecified atom stereocenters. The zero-order valence-electron chi connectivity index (χ0n) is 17.0. The van der Waals surface area contributed by atoms with Gasteiger partial charge in [0, 0.05) is 33.8 Å². The lowest BCUT2D eigenvalue weighted by Gasteiger charge is -2.31. The Morgan fingerprint density at radius 2 is 2.00 bits per heavy atom. The molecule has 0 radical (unpaired) electrons. The number of oxazole rings is 1. The molecule has 0 saturated carbocycles. The highest BCUT2D eigenvalue weighted by Gasteiger charge is 2.32. The van der Waals surface area contributed by atoms with Crippen LogP contribution in [0.5, 0.6) is 5.88 Å². The fraction of sp³-hybridized carbons (Fsp3) is 0.421. The van der Waals surface area contributed by atoms with Crippen LogP contribution < -0.4 is 15.4 Å². The van der Waals surface area contributed by atoms with Crippen molar-refractivity contribution in [3.8, 4) is 5.88 Å². The predicted molar refractivity (Wildman–Crippen MR) is 110 cm³/mol. The second-order valence-electron chi connectivity index (χ2n) is 7.43. The van der Waals surface area contributed by atoms with Crippen LogP contribution in [-0.2, 0) is 17.1 Å². The minimum atomic E-state index is -3.75. The van der Waals surface area contributed by atoms with E-state index in [1.807, 2.05) is 19.0 Å². The summed E-state index contributed by atoms with van der Waals surface area (Å²) in [6, 6.07) is 7.94. The van der Waals surface area contributed by atoms with Crippen molar-refractivity contribution in [1.29, 1.82) is 0 Å². The Morgan fingerprint density at radius 3 is 2.70 bits per heavy atom. The summed E-state index contributed by atoms with van der Waals surface area (Å²) in [7, 11) is 1.53. The number of aromatic nitrogens is 3. The van der Waals surface area contributed by atoms with Gasteiger partial charge in [0.1, 0.15) is 6.10 Å². The Bertz CT molecular complexity index is 1220. The molecule has 2 aromatic heterocycles. The second kappa shape index (κ2) is 7.73. The van der Waals surface area contributed by atoms with E-state index in [-0.39, 0.29) is 17.5 Å². The van der Waals surface area contributed by atoms with E-state index in [2.05, 4.69) is 10.2 Å². The second-order valence-corrected chi connectivity index (χ2v) is 9.36. The van der Waals surface area contributed by atoms with Crippen molar-refractivity contribution in [3.63, 3.8) is 0 Å². The van der Waals surface area contributed by atoms with Crippen LogP contribution in [0.4, 0.5) is 5.82 Å². The van der Waals surface area contributed by atoms with Crippen LogP contribution in [0.3, 0.4) is 0 Å². The Morgan fingerprint density at radius 1 is 1.20 bits per heavy atom. The number of nitrogens with zero attached hydrogens (tertiary/aromatic N) is 5. The molecule has 1 aliphatic rings. The molecule has 1 aliphatic heterocycles. The van der Waals surface area contributed by atoms with Crippen molar-refractivity contribution in [2.24, 2.45) is 7.05 Å². The van der Waals surface area contributed by atoms with Crippen molar-refractivity contribution in [2.75, 3.05) is 32.1 Å². The number of ether oxygens (including phenoxy) is 1. The first kappa shape index (κ1) is 20.4. The third-order valence-electron chi connectivity index (χ3n) is 5.11. The van der Waals surface area contributed by atoms with Gasteiger partial charge in [-0.1, -0.05) is 0 Å². The van der Waals surface area contributed by atoms with E-state index in [4.69, 9.17) is 9.15 Å². The average molecular weight is 433 g/mol. The van der Waals surface area contributed by atoms with Gasteiger partial charge in [0.15, 0.2) is 11.4 Å². The molecule has 1 atom stereocenters. The maximum atomic E-state index is 13.2. The number of hydrogen-bond acceptors (Lipinski definition) is 8. The van der Waals surface area contributed by atoms with Gasteiger partial charge in [-0.2, -0.15) is 4.31 Å². The van der Waals surface area contributed by atoms with Crippen LogP contribution in [0, 0.1) is 0 Å². The minimum Gasteiger partial charge on any atom is -0.472 e. The molecule has 4 rings (SSSR count). The molecule has 1 aromatic carbocycles. The van der Waals surface area contributed by atoms with E-state index < -0.39 is 15.8 Å². The summed E-state index contributed by atoms with van der Waals surface area (Å²) in [5.74, 6) is 0.534. The number of aryl methyl sites for hydroxylation is 1. The maximum Gasteiger partial charge on any atom is 0.419 e. The van der Waals surface area contributed by atoms with Gasteiger partial charge in [0.2, 0.25) is 15.9 Å². The summed E-state index contributed by atoms with van der Waals surface area (Å²) < 4.78 is 40.0. The highest BCUT2D eigenvalue weighted by atomic mass is 32.2. The minimum absolute atomic E-state index is 0.113. The zero-order chi connectivity index (χ0) is 21.5. The van der Waals surface area contributed by atoms with Crippen molar-refractivity contribution >= 4 is 26.9 Å². The van der Waals surface area contributed by atoms with Gasteiger partial charge in [-0.15, -0.1) is 10.2 Å². The number of benzene rings is 1. The van der Waals surface area contributed by atoms with Crippen LogP contribution >= 0.6 is 0 Å². The number of piperidine rings is 1. The highest BCUT2D eigenvalue weighted by molar-refractivity contribution is 7.89. The lowest BCUT2D eigenvalue weighted by Crippen LogP contribution is -2.44. The fourth-order valence-corrected chi connectivity index (χ4v) is 4.95. The van der Waals surface area contributed by atoms with Gasteiger partial charge in [-0.3, -0.25) is 4.57 Å². The fourth-order valence-electron chi connectivity index (χ4n) is 3.42. The van der Waals surface area contributed by atoms with Crippen molar-refractivity contribution in [2.45, 2.75) is 23.8 Å². The predicted octanol–water partition coefficient (Wildman–Crippen LogP) is 1.22. The lowest BCUT2D eigenvalue weighted by atomic mass is 10.1. The number of rotatable bonds is 5. The van der Waals surface area contributed by atoms with Crippen LogP contribution in [0.15, 0.2) is 44.4 Å². The summed E-state index contributed by atoms with van der Waals surface area (Å²) in [4.78, 5) is 13.6. The van der Waals surface area contributed by atoms with Gasteiger partial charge in [0.25, 0.3) is 0 Å². The van der Waals surface area contributed by atoms with Gasteiger partial charge < -0.3 is 14.1 Å². The van der Waals surface area contributed by atoms with E-state index in [9.17, 15) is 13.2 Å². The van der Waals surface area contributed by atoms with Crippen molar-refractivity contribution in [1.82, 2.24) is 19.1 Å². The number of anilines is 1. The molecule has 30 heavy (non-hydrogen) atoms. The molecule has 3 heterocycles. The first-order valence-electron chi connectivity index (χ1n) is 9.53. The summed E-state index contributed by atoms with van der Waals surface area (Å²) >= 11 is 0. The molecule has 11 heteroatoms. The lowest BCUT2D eigenvalue weighted by molar-refractivity contribution is 0.123. The van der Waals surface area contributed by atoms with Crippen LogP contribution in [0.1, 0.15) is 12.8 Å². The first-order chi connectivity index (χ1) is 14.3.